The normalized spacial score (nSPS) is 10.9. The molecule has 0 unspecified atom stereocenters. The first-order chi connectivity index (χ1) is 11.0. The van der Waals surface area contributed by atoms with Gasteiger partial charge in [0, 0.05) is 25.7 Å². The summed E-state index contributed by atoms with van der Waals surface area (Å²) >= 11 is 0. The molecule has 2 N–H and O–H groups in total. The second-order valence-electron chi connectivity index (χ2n) is 5.34. The Labute approximate surface area is 138 Å². The number of urea groups is 1. The van der Waals surface area contributed by atoms with Gasteiger partial charge in [0.15, 0.2) is 0 Å². The molecule has 3 amide bonds. The Morgan fingerprint density at radius 2 is 1.83 bits per heavy atom. The molecule has 0 bridgehead atoms. The van der Waals surface area contributed by atoms with Crippen LogP contribution in [0.3, 0.4) is 0 Å². The van der Waals surface area contributed by atoms with Gasteiger partial charge in [-0.25, -0.2) is 4.79 Å². The van der Waals surface area contributed by atoms with Gasteiger partial charge >= 0.3 is 12.2 Å². The van der Waals surface area contributed by atoms with Gasteiger partial charge in [-0.05, 0) is 32.0 Å². The number of hydrogen-bond donors (Lipinski definition) is 2. The van der Waals surface area contributed by atoms with E-state index in [4.69, 9.17) is 0 Å². The fourth-order valence-corrected chi connectivity index (χ4v) is 2.02. The number of anilines is 2. The zero-order valence-electron chi connectivity index (χ0n) is 13.8. The molecule has 0 saturated heterocycles. The number of amides is 3. The second-order valence-corrected chi connectivity index (χ2v) is 5.34. The molecule has 0 saturated carbocycles. The van der Waals surface area contributed by atoms with E-state index in [0.717, 1.165) is 12.1 Å². The van der Waals surface area contributed by atoms with Crippen LogP contribution in [0.15, 0.2) is 30.4 Å². The molecule has 0 atom stereocenters. The van der Waals surface area contributed by atoms with Gasteiger partial charge in [-0.2, -0.15) is 13.2 Å². The van der Waals surface area contributed by atoms with Crippen molar-refractivity contribution in [1.82, 2.24) is 4.90 Å². The molecular weight excluding hydrogens is 323 g/mol. The standard InChI is InChI=1S/C16H20F3N3O2/c1-5-22(9-10(2)3)15(24)21-14-7-6-12(20-11(4)23)8-13(14)16(17,18)19/h6-8H,2,5,9H2,1,3-4H3,(H,20,23)(H,21,24). The van der Waals surface area contributed by atoms with Gasteiger partial charge in [-0.1, -0.05) is 12.2 Å². The molecule has 0 heterocycles. The molecule has 0 aromatic heterocycles. The van der Waals surface area contributed by atoms with E-state index in [1.165, 1.54) is 17.9 Å². The van der Waals surface area contributed by atoms with E-state index in [1.807, 2.05) is 0 Å². The maximum absolute atomic E-state index is 13.2. The first-order valence-electron chi connectivity index (χ1n) is 7.23. The van der Waals surface area contributed by atoms with E-state index in [9.17, 15) is 22.8 Å². The first-order valence-corrected chi connectivity index (χ1v) is 7.23. The van der Waals surface area contributed by atoms with Gasteiger partial charge in [-0.15, -0.1) is 0 Å². The molecule has 0 fully saturated rings. The van der Waals surface area contributed by atoms with E-state index in [1.54, 1.807) is 13.8 Å². The van der Waals surface area contributed by atoms with Crippen molar-refractivity contribution >= 4 is 23.3 Å². The predicted octanol–water partition coefficient (Wildman–Crippen LogP) is 4.09. The molecule has 0 aliphatic heterocycles. The highest BCUT2D eigenvalue weighted by Gasteiger charge is 2.34. The first kappa shape index (κ1) is 19.5. The lowest BCUT2D eigenvalue weighted by Gasteiger charge is -2.23. The molecule has 0 spiro atoms. The number of nitrogens with one attached hydrogen (secondary N) is 2. The Morgan fingerprint density at radius 1 is 1.21 bits per heavy atom. The molecule has 1 rings (SSSR count). The van der Waals surface area contributed by atoms with Crippen molar-refractivity contribution in [3.05, 3.63) is 35.9 Å². The molecule has 8 heteroatoms. The van der Waals surface area contributed by atoms with Crippen LogP contribution < -0.4 is 10.6 Å². The molecule has 1 aromatic carbocycles. The summed E-state index contributed by atoms with van der Waals surface area (Å²) in [7, 11) is 0. The number of likely N-dealkylation sites (N-methyl/N-ethyl adjacent to an activating group) is 1. The Kier molecular flexibility index (Phi) is 6.39. The Morgan fingerprint density at radius 3 is 2.29 bits per heavy atom. The number of hydrogen-bond acceptors (Lipinski definition) is 2. The van der Waals surface area contributed by atoms with Crippen molar-refractivity contribution in [2.45, 2.75) is 26.9 Å². The van der Waals surface area contributed by atoms with Crippen LogP contribution in [0.4, 0.5) is 29.3 Å². The summed E-state index contributed by atoms with van der Waals surface area (Å²) in [4.78, 5) is 24.5. The zero-order valence-corrected chi connectivity index (χ0v) is 13.8. The average Bonchev–Trinajstić information content (AvgIpc) is 2.44. The van der Waals surface area contributed by atoms with Crippen molar-refractivity contribution in [2.75, 3.05) is 23.7 Å². The minimum absolute atomic E-state index is 0.00195. The number of rotatable bonds is 5. The minimum atomic E-state index is -4.68. The van der Waals surface area contributed by atoms with Crippen molar-refractivity contribution in [1.29, 1.82) is 0 Å². The number of nitrogens with zero attached hydrogens (tertiary/aromatic N) is 1. The highest BCUT2D eigenvalue weighted by Crippen LogP contribution is 2.36. The summed E-state index contributed by atoms with van der Waals surface area (Å²) < 4.78 is 39.7. The van der Waals surface area contributed by atoms with Gasteiger partial charge in [0.2, 0.25) is 5.91 Å². The SMILES string of the molecule is C=C(C)CN(CC)C(=O)Nc1ccc(NC(C)=O)cc1C(F)(F)F. The van der Waals surface area contributed by atoms with Crippen molar-refractivity contribution < 1.29 is 22.8 Å². The Bertz CT molecular complexity index is 642. The summed E-state index contributed by atoms with van der Waals surface area (Å²) in [6, 6.07) is 2.53. The van der Waals surface area contributed by atoms with Crippen molar-refractivity contribution in [2.24, 2.45) is 0 Å². The largest absolute Gasteiger partial charge is 0.418 e. The zero-order chi connectivity index (χ0) is 18.5. The average molecular weight is 343 g/mol. The maximum Gasteiger partial charge on any atom is 0.418 e. The quantitative estimate of drug-likeness (QED) is 0.791. The number of halogens is 3. The van der Waals surface area contributed by atoms with E-state index >= 15 is 0 Å². The third kappa shape index (κ3) is 5.60. The molecule has 5 nitrogen and oxygen atoms in total. The monoisotopic (exact) mass is 343 g/mol. The number of benzene rings is 1. The van der Waals surface area contributed by atoms with E-state index < -0.39 is 23.7 Å². The van der Waals surface area contributed by atoms with Crippen LogP contribution >= 0.6 is 0 Å². The van der Waals surface area contributed by atoms with Gasteiger partial charge in [0.25, 0.3) is 0 Å². The lowest BCUT2D eigenvalue weighted by Crippen LogP contribution is -2.36. The minimum Gasteiger partial charge on any atom is -0.326 e. The summed E-state index contributed by atoms with van der Waals surface area (Å²) in [5.41, 5.74) is -0.693. The summed E-state index contributed by atoms with van der Waals surface area (Å²) in [6.45, 7) is 8.88. The molecule has 24 heavy (non-hydrogen) atoms. The van der Waals surface area contributed by atoms with Gasteiger partial charge < -0.3 is 15.5 Å². The molecule has 0 aliphatic carbocycles. The summed E-state index contributed by atoms with van der Waals surface area (Å²) in [6.07, 6.45) is -4.68. The van der Waals surface area contributed by atoms with Crippen LogP contribution in [0.2, 0.25) is 0 Å². The molecule has 1 aromatic rings. The number of carbonyl (C=O) groups excluding carboxylic acids is 2. The lowest BCUT2D eigenvalue weighted by atomic mass is 10.1. The highest BCUT2D eigenvalue weighted by atomic mass is 19.4. The van der Waals surface area contributed by atoms with Crippen LogP contribution in [-0.4, -0.2) is 29.9 Å². The van der Waals surface area contributed by atoms with Gasteiger partial charge in [-0.3, -0.25) is 4.79 Å². The summed E-state index contributed by atoms with van der Waals surface area (Å²) in [5, 5.41) is 4.55. The van der Waals surface area contributed by atoms with E-state index in [-0.39, 0.29) is 17.9 Å². The van der Waals surface area contributed by atoms with Crippen LogP contribution in [-0.2, 0) is 11.0 Å². The number of alkyl halides is 3. The van der Waals surface area contributed by atoms with Crippen molar-refractivity contribution in [3.63, 3.8) is 0 Å². The maximum atomic E-state index is 13.2. The Hall–Kier alpha value is -2.51. The fourth-order valence-electron chi connectivity index (χ4n) is 2.02. The molecule has 132 valence electrons. The molecule has 0 radical (unpaired) electrons. The van der Waals surface area contributed by atoms with Gasteiger partial charge in [0.1, 0.15) is 0 Å². The van der Waals surface area contributed by atoms with Crippen LogP contribution in [0, 0.1) is 0 Å². The van der Waals surface area contributed by atoms with Crippen LogP contribution in [0.5, 0.6) is 0 Å². The van der Waals surface area contributed by atoms with Gasteiger partial charge in [0.05, 0.1) is 11.3 Å². The fraction of sp³-hybridized carbons (Fsp3) is 0.375. The third-order valence-corrected chi connectivity index (χ3v) is 3.02. The van der Waals surface area contributed by atoms with Crippen LogP contribution in [0.25, 0.3) is 0 Å². The third-order valence-electron chi connectivity index (χ3n) is 3.02. The smallest absolute Gasteiger partial charge is 0.326 e. The van der Waals surface area contributed by atoms with E-state index in [2.05, 4.69) is 17.2 Å². The predicted molar refractivity (Wildman–Crippen MR) is 86.8 cm³/mol. The molecular formula is C16H20F3N3O2. The van der Waals surface area contributed by atoms with Crippen LogP contribution in [0.1, 0.15) is 26.3 Å². The second kappa shape index (κ2) is 7.85. The summed E-state index contributed by atoms with van der Waals surface area (Å²) in [5.74, 6) is -0.487. The topological polar surface area (TPSA) is 61.4 Å². The number of carbonyl (C=O) groups is 2. The van der Waals surface area contributed by atoms with E-state index in [0.29, 0.717) is 12.1 Å². The lowest BCUT2D eigenvalue weighted by molar-refractivity contribution is -0.137. The molecule has 0 aliphatic rings. The Balaban J connectivity index is 3.11. The highest BCUT2D eigenvalue weighted by molar-refractivity contribution is 5.92. The van der Waals surface area contributed by atoms with Crippen molar-refractivity contribution in [3.8, 4) is 0 Å².